The lowest BCUT2D eigenvalue weighted by molar-refractivity contribution is -0.137. The summed E-state index contributed by atoms with van der Waals surface area (Å²) in [7, 11) is 0. The molecule has 0 saturated heterocycles. The molecule has 1 aromatic heterocycles. The Balaban J connectivity index is 1.68. The molecule has 1 aliphatic rings. The molecule has 2 heterocycles. The summed E-state index contributed by atoms with van der Waals surface area (Å²) >= 11 is 5.53. The lowest BCUT2D eigenvalue weighted by Crippen LogP contribution is -2.36. The van der Waals surface area contributed by atoms with E-state index in [0.29, 0.717) is 0 Å². The number of aromatic nitrogens is 3. The number of nitrogens with zero attached hydrogens (tertiary/aromatic N) is 3. The molecular weight excluding hydrogens is 363 g/mol. The van der Waals surface area contributed by atoms with Gasteiger partial charge in [0.1, 0.15) is 6.33 Å². The number of amides is 2. The van der Waals surface area contributed by atoms with Gasteiger partial charge in [-0.25, -0.2) is 4.68 Å². The molecule has 0 spiro atoms. The number of fused-ring (bicyclic) bond motifs is 1. The van der Waals surface area contributed by atoms with Crippen LogP contribution in [0.25, 0.3) is 0 Å². The molecule has 0 bridgehead atoms. The largest absolute Gasteiger partial charge is 0.417 e. The minimum absolute atomic E-state index is 0.0561. The Morgan fingerprint density at radius 1 is 1.44 bits per heavy atom. The molecule has 0 aliphatic carbocycles. The molecule has 1 atom stereocenters. The quantitative estimate of drug-likeness (QED) is 0.865. The van der Waals surface area contributed by atoms with Crippen molar-refractivity contribution in [3.63, 3.8) is 0 Å². The molecule has 25 heavy (non-hydrogen) atoms. The fraction of sp³-hybridized carbons (Fsp3) is 0.286. The number of nitrogens with one attached hydrogen (secondary N) is 2. The van der Waals surface area contributed by atoms with Gasteiger partial charge in [-0.1, -0.05) is 11.6 Å². The first kappa shape index (κ1) is 17.2. The second-order valence-electron chi connectivity index (χ2n) is 5.40. The van der Waals surface area contributed by atoms with Gasteiger partial charge in [-0.2, -0.15) is 23.3 Å². The van der Waals surface area contributed by atoms with Crippen molar-refractivity contribution < 1.29 is 22.8 Å². The van der Waals surface area contributed by atoms with E-state index >= 15 is 0 Å². The number of hydrogen-bond acceptors (Lipinski definition) is 4. The van der Waals surface area contributed by atoms with Gasteiger partial charge < -0.3 is 5.32 Å². The minimum Gasteiger partial charge on any atom is -0.326 e. The molecule has 2 N–H and O–H groups in total. The van der Waals surface area contributed by atoms with Crippen LogP contribution in [-0.2, 0) is 22.3 Å². The first-order valence-electron chi connectivity index (χ1n) is 7.09. The van der Waals surface area contributed by atoms with Crippen LogP contribution in [0.15, 0.2) is 24.5 Å². The third-order valence-electron chi connectivity index (χ3n) is 3.60. The van der Waals surface area contributed by atoms with Gasteiger partial charge in [0, 0.05) is 12.1 Å². The molecule has 11 heteroatoms. The predicted molar refractivity (Wildman–Crippen MR) is 81.8 cm³/mol. The molecule has 0 saturated carbocycles. The van der Waals surface area contributed by atoms with Crippen molar-refractivity contribution in [1.29, 1.82) is 0 Å². The Hall–Kier alpha value is -2.62. The van der Waals surface area contributed by atoms with Crippen LogP contribution in [0.3, 0.4) is 0 Å². The maximum Gasteiger partial charge on any atom is 0.417 e. The maximum atomic E-state index is 12.8. The number of carbonyl (C=O) groups excluding carboxylic acids is 2. The highest BCUT2D eigenvalue weighted by Crippen LogP contribution is 2.36. The summed E-state index contributed by atoms with van der Waals surface area (Å²) in [6.07, 6.45) is -3.58. The van der Waals surface area contributed by atoms with Gasteiger partial charge in [-0.05, 0) is 18.2 Å². The number of carbonyl (C=O) groups is 2. The van der Waals surface area contributed by atoms with Crippen LogP contribution in [0.4, 0.5) is 24.8 Å². The van der Waals surface area contributed by atoms with Crippen LogP contribution in [0.2, 0.25) is 5.02 Å². The number of halogens is 4. The number of alkyl halides is 3. The molecule has 3 rings (SSSR count). The highest BCUT2D eigenvalue weighted by Gasteiger charge is 2.34. The molecule has 2 amide bonds. The standard InChI is InChI=1S/C14H11ClF3N5O2/c15-10-2-1-8(4-9(10)14(16,17)18)21-11(24)3-7-5-23-13(19-6-20-23)22-12(7)25/h1-2,4,6-7H,3,5H2,(H,21,24)(H,19,20,22,25). The summed E-state index contributed by atoms with van der Waals surface area (Å²) in [6.45, 7) is 0.156. The summed E-state index contributed by atoms with van der Waals surface area (Å²) < 4.78 is 39.9. The first-order valence-corrected chi connectivity index (χ1v) is 7.47. The van der Waals surface area contributed by atoms with E-state index in [9.17, 15) is 22.8 Å². The number of hydrogen-bond donors (Lipinski definition) is 2. The van der Waals surface area contributed by atoms with Gasteiger partial charge >= 0.3 is 6.18 Å². The zero-order chi connectivity index (χ0) is 18.2. The summed E-state index contributed by atoms with van der Waals surface area (Å²) in [6, 6.07) is 3.05. The van der Waals surface area contributed by atoms with Crippen LogP contribution in [0.5, 0.6) is 0 Å². The molecule has 7 nitrogen and oxygen atoms in total. The highest BCUT2D eigenvalue weighted by atomic mass is 35.5. The zero-order valence-corrected chi connectivity index (χ0v) is 13.2. The molecule has 1 aliphatic heterocycles. The molecule has 0 radical (unpaired) electrons. The second kappa shape index (κ2) is 6.36. The molecular formula is C14H11ClF3N5O2. The van der Waals surface area contributed by atoms with Gasteiger partial charge in [-0.3, -0.25) is 14.9 Å². The first-order chi connectivity index (χ1) is 11.7. The van der Waals surface area contributed by atoms with E-state index in [1.165, 1.54) is 17.1 Å². The lowest BCUT2D eigenvalue weighted by atomic mass is 10.0. The second-order valence-corrected chi connectivity index (χ2v) is 5.80. The van der Waals surface area contributed by atoms with Crippen molar-refractivity contribution in [2.45, 2.75) is 19.1 Å². The van der Waals surface area contributed by atoms with Gasteiger partial charge in [0.15, 0.2) is 0 Å². The number of anilines is 2. The summed E-state index contributed by atoms with van der Waals surface area (Å²) in [5.41, 5.74) is -1.10. The van der Waals surface area contributed by atoms with Crippen LogP contribution in [-0.4, -0.2) is 26.6 Å². The van der Waals surface area contributed by atoms with E-state index in [-0.39, 0.29) is 24.6 Å². The Bertz CT molecular complexity index is 836. The zero-order valence-electron chi connectivity index (χ0n) is 12.5. The Kier molecular flexibility index (Phi) is 4.38. The smallest absolute Gasteiger partial charge is 0.326 e. The van der Waals surface area contributed by atoms with E-state index in [2.05, 4.69) is 20.7 Å². The SMILES string of the molecule is O=C(CC1Cn2ncnc2NC1=O)Nc1ccc(Cl)c(C(F)(F)F)c1. The van der Waals surface area contributed by atoms with Crippen LogP contribution in [0.1, 0.15) is 12.0 Å². The summed E-state index contributed by atoms with van der Waals surface area (Å²) in [5.74, 6) is -1.42. The van der Waals surface area contributed by atoms with Crippen molar-refractivity contribution >= 4 is 35.1 Å². The van der Waals surface area contributed by atoms with E-state index in [0.717, 1.165) is 12.1 Å². The van der Waals surface area contributed by atoms with Crippen molar-refractivity contribution in [2.75, 3.05) is 10.6 Å². The Morgan fingerprint density at radius 2 is 2.20 bits per heavy atom. The molecule has 0 fully saturated rings. The topological polar surface area (TPSA) is 88.9 Å². The summed E-state index contributed by atoms with van der Waals surface area (Å²) in [5, 5.41) is 8.28. The van der Waals surface area contributed by atoms with Gasteiger partial charge in [-0.15, -0.1) is 0 Å². The molecule has 1 aromatic carbocycles. The van der Waals surface area contributed by atoms with Gasteiger partial charge in [0.2, 0.25) is 17.8 Å². The Morgan fingerprint density at radius 3 is 2.92 bits per heavy atom. The number of benzene rings is 1. The van der Waals surface area contributed by atoms with E-state index < -0.39 is 34.5 Å². The van der Waals surface area contributed by atoms with Crippen LogP contribution >= 0.6 is 11.6 Å². The summed E-state index contributed by atoms with van der Waals surface area (Å²) in [4.78, 5) is 27.8. The van der Waals surface area contributed by atoms with Gasteiger partial charge in [0.25, 0.3) is 0 Å². The van der Waals surface area contributed by atoms with E-state index in [1.807, 2.05) is 0 Å². The van der Waals surface area contributed by atoms with Crippen molar-refractivity contribution in [3.8, 4) is 0 Å². The predicted octanol–water partition coefficient (Wildman–Crippen LogP) is 2.55. The normalized spacial score (nSPS) is 17.0. The fourth-order valence-corrected chi connectivity index (χ4v) is 2.64. The Labute approximate surface area is 144 Å². The lowest BCUT2D eigenvalue weighted by Gasteiger charge is -2.21. The monoisotopic (exact) mass is 373 g/mol. The fourth-order valence-electron chi connectivity index (χ4n) is 2.41. The molecule has 1 unspecified atom stereocenters. The minimum atomic E-state index is -4.63. The van der Waals surface area contributed by atoms with Crippen LogP contribution in [0, 0.1) is 5.92 Å². The number of rotatable bonds is 3. The van der Waals surface area contributed by atoms with Gasteiger partial charge in [0.05, 0.1) is 23.0 Å². The van der Waals surface area contributed by atoms with Crippen molar-refractivity contribution in [2.24, 2.45) is 5.92 Å². The third kappa shape index (κ3) is 3.73. The third-order valence-corrected chi connectivity index (χ3v) is 3.93. The van der Waals surface area contributed by atoms with Crippen molar-refractivity contribution in [3.05, 3.63) is 35.1 Å². The maximum absolute atomic E-state index is 12.8. The van der Waals surface area contributed by atoms with E-state index in [4.69, 9.17) is 11.6 Å². The van der Waals surface area contributed by atoms with E-state index in [1.54, 1.807) is 0 Å². The molecule has 2 aromatic rings. The highest BCUT2D eigenvalue weighted by molar-refractivity contribution is 6.31. The van der Waals surface area contributed by atoms with Crippen molar-refractivity contribution in [1.82, 2.24) is 14.8 Å². The average Bonchev–Trinajstić information content (AvgIpc) is 2.95. The molecule has 132 valence electrons. The van der Waals surface area contributed by atoms with Crippen LogP contribution < -0.4 is 10.6 Å². The average molecular weight is 374 g/mol.